The average Bonchev–Trinajstić information content (AvgIpc) is 2.60. The van der Waals surface area contributed by atoms with Crippen molar-refractivity contribution < 1.29 is 14.3 Å². The zero-order chi connectivity index (χ0) is 16.5. The van der Waals surface area contributed by atoms with Crippen LogP contribution in [0.4, 0.5) is 0 Å². The minimum absolute atomic E-state index is 0.207. The summed E-state index contributed by atoms with van der Waals surface area (Å²) < 4.78 is 5.66. The van der Waals surface area contributed by atoms with Gasteiger partial charge in [0.25, 0.3) is 5.91 Å². The van der Waals surface area contributed by atoms with Crippen LogP contribution in [0.1, 0.15) is 10.4 Å². The summed E-state index contributed by atoms with van der Waals surface area (Å²) >= 11 is 0. The van der Waals surface area contributed by atoms with E-state index in [1.165, 1.54) is 6.08 Å². The zero-order valence-corrected chi connectivity index (χ0v) is 12.8. The van der Waals surface area contributed by atoms with E-state index in [1.54, 1.807) is 37.4 Å². The highest BCUT2D eigenvalue weighted by atomic mass is 16.5. The molecular formula is C18H18N2O3. The molecular weight excluding hydrogens is 292 g/mol. The number of carbonyl (C=O) groups excluding carboxylic acids is 2. The molecule has 0 radical (unpaired) electrons. The van der Waals surface area contributed by atoms with Gasteiger partial charge >= 0.3 is 0 Å². The van der Waals surface area contributed by atoms with Gasteiger partial charge < -0.3 is 15.4 Å². The second kappa shape index (κ2) is 8.38. The number of rotatable bonds is 6. The van der Waals surface area contributed by atoms with Gasteiger partial charge in [-0.1, -0.05) is 24.3 Å². The van der Waals surface area contributed by atoms with Crippen LogP contribution in [0.15, 0.2) is 66.7 Å². The minimum Gasteiger partial charge on any atom is -0.457 e. The number of carbonyl (C=O) groups is 2. The lowest BCUT2D eigenvalue weighted by molar-refractivity contribution is -0.116. The van der Waals surface area contributed by atoms with Crippen molar-refractivity contribution in [1.82, 2.24) is 10.6 Å². The Hall–Kier alpha value is -3.08. The molecule has 0 heterocycles. The van der Waals surface area contributed by atoms with Crippen LogP contribution in [-0.4, -0.2) is 25.4 Å². The van der Waals surface area contributed by atoms with E-state index in [-0.39, 0.29) is 18.4 Å². The van der Waals surface area contributed by atoms with Crippen molar-refractivity contribution in [2.24, 2.45) is 0 Å². The van der Waals surface area contributed by atoms with Crippen LogP contribution in [0.5, 0.6) is 11.5 Å². The van der Waals surface area contributed by atoms with Gasteiger partial charge in [0.15, 0.2) is 0 Å². The number of hydrogen-bond donors (Lipinski definition) is 2. The van der Waals surface area contributed by atoms with Gasteiger partial charge in [0.1, 0.15) is 11.5 Å². The summed E-state index contributed by atoms with van der Waals surface area (Å²) in [4.78, 5) is 22.9. The predicted octanol–water partition coefficient (Wildman–Crippen LogP) is 2.51. The Morgan fingerprint density at radius 2 is 1.65 bits per heavy atom. The van der Waals surface area contributed by atoms with Gasteiger partial charge in [0.05, 0.1) is 0 Å². The maximum Gasteiger partial charge on any atom is 0.251 e. The molecule has 2 amide bonds. The molecule has 0 fully saturated rings. The monoisotopic (exact) mass is 310 g/mol. The normalized spacial score (nSPS) is 10.3. The van der Waals surface area contributed by atoms with Crippen LogP contribution >= 0.6 is 0 Å². The van der Waals surface area contributed by atoms with E-state index in [0.29, 0.717) is 11.3 Å². The maximum atomic E-state index is 11.9. The molecule has 5 heteroatoms. The van der Waals surface area contributed by atoms with Crippen LogP contribution in [0.2, 0.25) is 0 Å². The van der Waals surface area contributed by atoms with Gasteiger partial charge in [0, 0.05) is 25.2 Å². The summed E-state index contributed by atoms with van der Waals surface area (Å²) in [6.45, 7) is 0.286. The molecule has 0 aliphatic carbocycles. The summed E-state index contributed by atoms with van der Waals surface area (Å²) in [5.41, 5.74) is 0.527. The van der Waals surface area contributed by atoms with Gasteiger partial charge in [-0.2, -0.15) is 0 Å². The van der Waals surface area contributed by atoms with Gasteiger partial charge in [-0.3, -0.25) is 9.59 Å². The highest BCUT2D eigenvalue weighted by Crippen LogP contribution is 2.20. The fraction of sp³-hybridized carbons (Fsp3) is 0.111. The second-order valence-electron chi connectivity index (χ2n) is 4.67. The number of nitrogens with one attached hydrogen (secondary N) is 2. The standard InChI is InChI=1S/C18H18N2O3/c1-19-17(21)8-5-13-20-18(22)14-9-11-16(12-10-14)23-15-6-3-2-4-7-15/h2-12H,13H2,1H3,(H,19,21)(H,20,22)/b8-5+. The predicted molar refractivity (Wildman–Crippen MR) is 88.5 cm³/mol. The Labute approximate surface area is 135 Å². The summed E-state index contributed by atoms with van der Waals surface area (Å²) in [6, 6.07) is 16.3. The third-order valence-electron chi connectivity index (χ3n) is 2.99. The van der Waals surface area contributed by atoms with Crippen molar-refractivity contribution in [2.45, 2.75) is 0 Å². The Morgan fingerprint density at radius 1 is 1.00 bits per heavy atom. The number of ether oxygens (including phenoxy) is 1. The Kier molecular flexibility index (Phi) is 5.94. The first kappa shape index (κ1) is 16.3. The fourth-order valence-corrected chi connectivity index (χ4v) is 1.80. The Morgan fingerprint density at radius 3 is 2.30 bits per heavy atom. The largest absolute Gasteiger partial charge is 0.457 e. The molecule has 2 N–H and O–H groups in total. The molecule has 0 aliphatic heterocycles. The van der Waals surface area contributed by atoms with E-state index in [4.69, 9.17) is 4.74 Å². The molecule has 0 saturated heterocycles. The molecule has 0 unspecified atom stereocenters. The van der Waals surface area contributed by atoms with Crippen molar-refractivity contribution in [2.75, 3.05) is 13.6 Å². The lowest BCUT2D eigenvalue weighted by Crippen LogP contribution is -2.23. The molecule has 2 aromatic rings. The Bertz CT molecular complexity index is 679. The van der Waals surface area contributed by atoms with E-state index in [9.17, 15) is 9.59 Å². The molecule has 0 aliphatic rings. The number of hydrogen-bond acceptors (Lipinski definition) is 3. The van der Waals surface area contributed by atoms with Crippen LogP contribution in [0, 0.1) is 0 Å². The molecule has 118 valence electrons. The number of benzene rings is 2. The first-order valence-electron chi connectivity index (χ1n) is 7.18. The quantitative estimate of drug-likeness (QED) is 0.806. The van der Waals surface area contributed by atoms with E-state index >= 15 is 0 Å². The van der Waals surface area contributed by atoms with Gasteiger partial charge in [-0.05, 0) is 36.4 Å². The molecule has 2 aromatic carbocycles. The molecule has 23 heavy (non-hydrogen) atoms. The Balaban J connectivity index is 1.87. The van der Waals surface area contributed by atoms with Gasteiger partial charge in [-0.15, -0.1) is 0 Å². The van der Waals surface area contributed by atoms with E-state index < -0.39 is 0 Å². The van der Waals surface area contributed by atoms with Crippen molar-refractivity contribution in [3.8, 4) is 11.5 Å². The second-order valence-corrected chi connectivity index (χ2v) is 4.67. The summed E-state index contributed by atoms with van der Waals surface area (Å²) in [5, 5.41) is 5.16. The summed E-state index contributed by atoms with van der Waals surface area (Å²) in [6.07, 6.45) is 2.96. The van der Waals surface area contributed by atoms with Crippen LogP contribution in [0.25, 0.3) is 0 Å². The minimum atomic E-state index is -0.210. The lowest BCUT2D eigenvalue weighted by Gasteiger charge is -2.06. The first-order chi connectivity index (χ1) is 11.2. The van der Waals surface area contributed by atoms with E-state index in [2.05, 4.69) is 10.6 Å². The van der Waals surface area contributed by atoms with E-state index in [1.807, 2.05) is 30.3 Å². The third kappa shape index (κ3) is 5.32. The van der Waals surface area contributed by atoms with Gasteiger partial charge in [0.2, 0.25) is 5.91 Å². The van der Waals surface area contributed by atoms with Crippen molar-refractivity contribution >= 4 is 11.8 Å². The van der Waals surface area contributed by atoms with Gasteiger partial charge in [-0.25, -0.2) is 0 Å². The molecule has 0 aromatic heterocycles. The van der Waals surface area contributed by atoms with Crippen molar-refractivity contribution in [1.29, 1.82) is 0 Å². The summed E-state index contributed by atoms with van der Waals surface area (Å²) in [7, 11) is 1.55. The highest BCUT2D eigenvalue weighted by molar-refractivity contribution is 5.94. The molecule has 5 nitrogen and oxygen atoms in total. The average molecular weight is 310 g/mol. The topological polar surface area (TPSA) is 67.4 Å². The summed E-state index contributed by atoms with van der Waals surface area (Å²) in [5.74, 6) is 0.982. The van der Waals surface area contributed by atoms with Crippen LogP contribution in [0.3, 0.4) is 0 Å². The highest BCUT2D eigenvalue weighted by Gasteiger charge is 2.04. The van der Waals surface area contributed by atoms with E-state index in [0.717, 1.165) is 5.75 Å². The fourth-order valence-electron chi connectivity index (χ4n) is 1.80. The number of amides is 2. The molecule has 0 saturated carbocycles. The number of para-hydroxylation sites is 1. The molecule has 0 bridgehead atoms. The molecule has 2 rings (SSSR count). The maximum absolute atomic E-state index is 11.9. The molecule has 0 spiro atoms. The SMILES string of the molecule is CNC(=O)/C=C/CNC(=O)c1ccc(Oc2ccccc2)cc1. The zero-order valence-electron chi connectivity index (χ0n) is 12.8. The lowest BCUT2D eigenvalue weighted by atomic mass is 10.2. The first-order valence-corrected chi connectivity index (χ1v) is 7.18. The van der Waals surface area contributed by atoms with Crippen molar-refractivity contribution in [3.63, 3.8) is 0 Å². The van der Waals surface area contributed by atoms with Crippen LogP contribution < -0.4 is 15.4 Å². The number of likely N-dealkylation sites (N-methyl/N-ethyl adjacent to an activating group) is 1. The smallest absolute Gasteiger partial charge is 0.251 e. The van der Waals surface area contributed by atoms with Crippen LogP contribution in [-0.2, 0) is 4.79 Å². The molecule has 0 atom stereocenters. The third-order valence-corrected chi connectivity index (χ3v) is 2.99. The van der Waals surface area contributed by atoms with Crippen molar-refractivity contribution in [3.05, 3.63) is 72.3 Å².